The Morgan fingerprint density at radius 1 is 0.912 bits per heavy atom. The number of thioether (sulfide) groups is 2. The Bertz CT molecular complexity index is 1500. The molecule has 9 heteroatoms. The van der Waals surface area contributed by atoms with Gasteiger partial charge in [0.05, 0.1) is 5.39 Å². The summed E-state index contributed by atoms with van der Waals surface area (Å²) < 4.78 is 2.14. The predicted molar refractivity (Wildman–Crippen MR) is 145 cm³/mol. The molecule has 0 fully saturated rings. The lowest BCUT2D eigenvalue weighted by molar-refractivity contribution is 0.700. The SMILES string of the molecule is Clc1ccc(CSc2nnc3c4c5c(sc4nc(SCc4ccccc4)n23)CCCC5)c(Cl)c1. The summed E-state index contributed by atoms with van der Waals surface area (Å²) in [5.41, 5.74) is 4.63. The first-order valence-corrected chi connectivity index (χ1v) is 14.6. The van der Waals surface area contributed by atoms with E-state index >= 15 is 0 Å². The highest BCUT2D eigenvalue weighted by molar-refractivity contribution is 7.99. The summed E-state index contributed by atoms with van der Waals surface area (Å²) in [6.45, 7) is 0. The summed E-state index contributed by atoms with van der Waals surface area (Å²) in [5, 5.41) is 13.6. The minimum Gasteiger partial charge on any atom is -0.247 e. The number of aromatic nitrogens is 4. The molecule has 3 heterocycles. The molecule has 0 atom stereocenters. The average molecular weight is 544 g/mol. The summed E-state index contributed by atoms with van der Waals surface area (Å²) in [6, 6.07) is 16.1. The third-order valence-electron chi connectivity index (χ3n) is 5.98. The Morgan fingerprint density at radius 2 is 1.74 bits per heavy atom. The quantitative estimate of drug-likeness (QED) is 0.160. The second kappa shape index (κ2) is 9.70. The summed E-state index contributed by atoms with van der Waals surface area (Å²) in [7, 11) is 0. The normalized spacial score (nSPS) is 13.6. The fourth-order valence-corrected chi connectivity index (χ4v) is 8.10. The van der Waals surface area contributed by atoms with Gasteiger partial charge in [-0.2, -0.15) is 0 Å². The van der Waals surface area contributed by atoms with Gasteiger partial charge in [-0.15, -0.1) is 21.5 Å². The van der Waals surface area contributed by atoms with Crippen molar-refractivity contribution >= 4 is 73.9 Å². The van der Waals surface area contributed by atoms with Crippen LogP contribution in [0.1, 0.15) is 34.4 Å². The highest BCUT2D eigenvalue weighted by Crippen LogP contribution is 2.40. The van der Waals surface area contributed by atoms with Crippen molar-refractivity contribution < 1.29 is 0 Å². The first kappa shape index (κ1) is 22.7. The highest BCUT2D eigenvalue weighted by Gasteiger charge is 2.24. The molecule has 5 aromatic rings. The molecule has 0 saturated carbocycles. The fraction of sp³-hybridized carbons (Fsp3) is 0.240. The Morgan fingerprint density at radius 3 is 2.59 bits per heavy atom. The number of nitrogens with zero attached hydrogens (tertiary/aromatic N) is 4. The molecule has 0 radical (unpaired) electrons. The number of hydrogen-bond donors (Lipinski definition) is 0. The van der Waals surface area contributed by atoms with Crippen LogP contribution in [0.4, 0.5) is 0 Å². The van der Waals surface area contributed by atoms with E-state index in [1.165, 1.54) is 34.2 Å². The van der Waals surface area contributed by atoms with Gasteiger partial charge in [-0.1, -0.05) is 83.1 Å². The lowest BCUT2D eigenvalue weighted by atomic mass is 9.97. The number of rotatable bonds is 6. The van der Waals surface area contributed by atoms with E-state index in [9.17, 15) is 0 Å². The van der Waals surface area contributed by atoms with Crippen LogP contribution in [-0.4, -0.2) is 19.6 Å². The third-order valence-corrected chi connectivity index (χ3v) is 9.74. The van der Waals surface area contributed by atoms with E-state index in [2.05, 4.69) is 38.9 Å². The minimum absolute atomic E-state index is 0.639. The third kappa shape index (κ3) is 4.33. The van der Waals surface area contributed by atoms with E-state index in [4.69, 9.17) is 28.2 Å². The molecule has 1 aliphatic rings. The molecule has 4 nitrogen and oxygen atoms in total. The van der Waals surface area contributed by atoms with Gasteiger partial charge in [0.2, 0.25) is 0 Å². The lowest BCUT2D eigenvalue weighted by Gasteiger charge is -2.11. The molecule has 0 amide bonds. The molecular formula is C25H20Cl2N4S3. The maximum atomic E-state index is 6.42. The van der Waals surface area contributed by atoms with Crippen molar-refractivity contribution in [2.75, 3.05) is 0 Å². The number of aryl methyl sites for hydroxylation is 2. The van der Waals surface area contributed by atoms with Crippen molar-refractivity contribution in [1.29, 1.82) is 0 Å². The minimum atomic E-state index is 0.639. The topological polar surface area (TPSA) is 43.1 Å². The van der Waals surface area contributed by atoms with Gasteiger partial charge in [0.15, 0.2) is 16.0 Å². The molecule has 0 spiro atoms. The number of thiophene rings is 1. The molecule has 0 N–H and O–H groups in total. The second-order valence-corrected chi connectivity index (χ2v) is 12.0. The van der Waals surface area contributed by atoms with Gasteiger partial charge in [0, 0.05) is 26.4 Å². The van der Waals surface area contributed by atoms with Gasteiger partial charge >= 0.3 is 0 Å². The van der Waals surface area contributed by atoms with Gasteiger partial charge in [0.1, 0.15) is 4.83 Å². The zero-order valence-corrected chi connectivity index (χ0v) is 22.1. The molecule has 0 saturated heterocycles. The van der Waals surface area contributed by atoms with Gasteiger partial charge in [-0.05, 0) is 54.5 Å². The van der Waals surface area contributed by atoms with Crippen LogP contribution in [-0.2, 0) is 24.3 Å². The zero-order chi connectivity index (χ0) is 23.1. The van der Waals surface area contributed by atoms with E-state index in [-0.39, 0.29) is 0 Å². The lowest BCUT2D eigenvalue weighted by Crippen LogP contribution is -2.01. The number of halogens is 2. The molecule has 0 bridgehead atoms. The molecule has 0 unspecified atom stereocenters. The van der Waals surface area contributed by atoms with Crippen LogP contribution >= 0.6 is 58.1 Å². The van der Waals surface area contributed by atoms with Gasteiger partial charge in [-0.3, -0.25) is 0 Å². The van der Waals surface area contributed by atoms with Crippen molar-refractivity contribution in [3.05, 3.63) is 80.1 Å². The molecule has 172 valence electrons. The summed E-state index contributed by atoms with van der Waals surface area (Å²) in [6.07, 6.45) is 4.71. The average Bonchev–Trinajstić information content (AvgIpc) is 3.44. The van der Waals surface area contributed by atoms with Gasteiger partial charge < -0.3 is 0 Å². The first-order chi connectivity index (χ1) is 16.7. The van der Waals surface area contributed by atoms with Crippen molar-refractivity contribution in [3.8, 4) is 0 Å². The smallest absolute Gasteiger partial charge is 0.198 e. The fourth-order valence-electron chi connectivity index (χ4n) is 4.30. The van der Waals surface area contributed by atoms with Crippen LogP contribution in [0, 0.1) is 0 Å². The summed E-state index contributed by atoms with van der Waals surface area (Å²) in [5.74, 6) is 1.52. The van der Waals surface area contributed by atoms with Crippen LogP contribution in [0.25, 0.3) is 15.9 Å². The van der Waals surface area contributed by atoms with Gasteiger partial charge in [-0.25, -0.2) is 9.38 Å². The molecular weight excluding hydrogens is 523 g/mol. The largest absolute Gasteiger partial charge is 0.247 e. The van der Waals surface area contributed by atoms with Crippen molar-refractivity contribution in [3.63, 3.8) is 0 Å². The second-order valence-electron chi connectivity index (χ2n) is 8.23. The Labute approximate surface area is 220 Å². The standard InChI is InChI=1S/C25H20Cl2N4S3/c26-17-11-10-16(19(27)12-17)14-33-25-30-29-22-21-18-8-4-5-9-20(18)34-23(21)28-24(31(22)25)32-13-15-6-2-1-3-7-15/h1-3,6-7,10-12H,4-5,8-9,13-14H2. The number of hydrogen-bond acceptors (Lipinski definition) is 6. The number of benzene rings is 2. The van der Waals surface area contributed by atoms with E-state index in [1.807, 2.05) is 29.5 Å². The predicted octanol–water partition coefficient (Wildman–Crippen LogP) is 8.11. The zero-order valence-electron chi connectivity index (χ0n) is 18.1. The van der Waals surface area contributed by atoms with Crippen LogP contribution in [0.15, 0.2) is 58.8 Å². The monoisotopic (exact) mass is 542 g/mol. The molecule has 6 rings (SSSR count). The molecule has 3 aromatic heterocycles. The van der Waals surface area contributed by atoms with Crippen LogP contribution in [0.3, 0.4) is 0 Å². The Balaban J connectivity index is 1.43. The molecule has 1 aliphatic carbocycles. The van der Waals surface area contributed by atoms with Crippen LogP contribution in [0.5, 0.6) is 0 Å². The van der Waals surface area contributed by atoms with Crippen LogP contribution < -0.4 is 0 Å². The maximum absolute atomic E-state index is 6.42. The maximum Gasteiger partial charge on any atom is 0.198 e. The molecule has 34 heavy (non-hydrogen) atoms. The van der Waals surface area contributed by atoms with Crippen molar-refractivity contribution in [1.82, 2.24) is 19.6 Å². The Kier molecular flexibility index (Phi) is 6.47. The van der Waals surface area contributed by atoms with E-state index < -0.39 is 0 Å². The molecule has 2 aromatic carbocycles. The van der Waals surface area contributed by atoms with E-state index in [1.54, 1.807) is 29.6 Å². The first-order valence-electron chi connectivity index (χ1n) is 11.1. The summed E-state index contributed by atoms with van der Waals surface area (Å²) in [4.78, 5) is 7.69. The molecule has 0 aliphatic heterocycles. The van der Waals surface area contributed by atoms with E-state index in [0.717, 1.165) is 44.9 Å². The van der Waals surface area contributed by atoms with Gasteiger partial charge in [0.25, 0.3) is 0 Å². The highest BCUT2D eigenvalue weighted by atomic mass is 35.5. The Hall–Kier alpha value is -1.77. The van der Waals surface area contributed by atoms with Crippen LogP contribution in [0.2, 0.25) is 10.0 Å². The number of fused-ring (bicyclic) bond motifs is 5. The van der Waals surface area contributed by atoms with E-state index in [0.29, 0.717) is 15.8 Å². The van der Waals surface area contributed by atoms with Crippen molar-refractivity contribution in [2.45, 2.75) is 47.5 Å². The van der Waals surface area contributed by atoms with Crippen molar-refractivity contribution in [2.24, 2.45) is 0 Å². The summed E-state index contributed by atoms with van der Waals surface area (Å²) >= 11 is 17.7.